The zero-order valence-electron chi connectivity index (χ0n) is 14.9. The zero-order chi connectivity index (χ0) is 17.7. The summed E-state index contributed by atoms with van der Waals surface area (Å²) in [5, 5.41) is 0. The second kappa shape index (κ2) is 8.49. The minimum Gasteiger partial charge on any atom is -0.492 e. The van der Waals surface area contributed by atoms with Gasteiger partial charge in [0, 0.05) is 32.2 Å². The average Bonchev–Trinajstić information content (AvgIpc) is 2.96. The van der Waals surface area contributed by atoms with Crippen LogP contribution in [0.4, 0.5) is 0 Å². The zero-order valence-corrected chi connectivity index (χ0v) is 15.7. The van der Waals surface area contributed by atoms with Crippen LogP contribution in [0.5, 0.6) is 5.75 Å². The third kappa shape index (κ3) is 5.67. The van der Waals surface area contributed by atoms with Crippen LogP contribution in [-0.2, 0) is 21.1 Å². The lowest BCUT2D eigenvalue weighted by Gasteiger charge is -2.26. The summed E-state index contributed by atoms with van der Waals surface area (Å²) in [7, 11) is -0.846. The Balaban J connectivity index is 1.47. The van der Waals surface area contributed by atoms with Gasteiger partial charge in [0.05, 0.1) is 24.7 Å². The molecule has 0 aromatic heterocycles. The minimum absolute atomic E-state index is 0.121. The minimum atomic E-state index is -2.84. The van der Waals surface area contributed by atoms with E-state index in [1.54, 1.807) is 0 Å². The van der Waals surface area contributed by atoms with E-state index in [0.29, 0.717) is 12.4 Å². The Hall–Kier alpha value is -1.15. The van der Waals surface area contributed by atoms with E-state index in [2.05, 4.69) is 21.9 Å². The van der Waals surface area contributed by atoms with Crippen LogP contribution in [0.1, 0.15) is 12.0 Å². The highest BCUT2D eigenvalue weighted by molar-refractivity contribution is 7.91. The van der Waals surface area contributed by atoms with Crippen molar-refractivity contribution in [2.45, 2.75) is 19.0 Å². The lowest BCUT2D eigenvalue weighted by atomic mass is 10.1. The van der Waals surface area contributed by atoms with Crippen LogP contribution in [0.3, 0.4) is 0 Å². The Bertz CT molecular complexity index is 659. The summed E-state index contributed by atoms with van der Waals surface area (Å²) in [5.41, 5.74) is 1.15. The van der Waals surface area contributed by atoms with Crippen LogP contribution >= 0.6 is 0 Å². The van der Waals surface area contributed by atoms with Gasteiger partial charge in [-0.1, -0.05) is 12.1 Å². The molecule has 0 spiro atoms. The largest absolute Gasteiger partial charge is 0.492 e. The predicted molar refractivity (Wildman–Crippen MR) is 97.7 cm³/mol. The van der Waals surface area contributed by atoms with Crippen molar-refractivity contribution in [2.24, 2.45) is 0 Å². The maximum Gasteiger partial charge on any atom is 0.151 e. The molecule has 7 heteroatoms. The molecule has 140 valence electrons. The Morgan fingerprint density at radius 3 is 2.84 bits per heavy atom. The molecule has 0 unspecified atom stereocenters. The molecule has 0 N–H and O–H groups in total. The normalized spacial score (nSPS) is 23.8. The molecule has 0 aliphatic carbocycles. The molecular weight excluding hydrogens is 340 g/mol. The van der Waals surface area contributed by atoms with Gasteiger partial charge in [-0.2, -0.15) is 0 Å². The topological polar surface area (TPSA) is 59.1 Å². The summed E-state index contributed by atoms with van der Waals surface area (Å²) in [6.45, 7) is 5.86. The molecule has 0 amide bonds. The molecule has 2 heterocycles. The van der Waals surface area contributed by atoms with Crippen molar-refractivity contribution in [1.29, 1.82) is 0 Å². The number of nitrogens with zero attached hydrogens (tertiary/aromatic N) is 2. The van der Waals surface area contributed by atoms with Gasteiger partial charge in [0.25, 0.3) is 0 Å². The number of morpholine rings is 1. The van der Waals surface area contributed by atoms with Crippen LogP contribution in [-0.4, -0.2) is 82.3 Å². The highest BCUT2D eigenvalue weighted by Gasteiger charge is 2.30. The molecule has 2 fully saturated rings. The molecule has 1 aromatic carbocycles. The summed E-state index contributed by atoms with van der Waals surface area (Å²) in [4.78, 5) is 4.49. The first-order valence-electron chi connectivity index (χ1n) is 8.94. The van der Waals surface area contributed by atoms with Gasteiger partial charge < -0.3 is 9.47 Å². The maximum atomic E-state index is 11.6. The molecule has 1 atom stereocenters. The fourth-order valence-corrected chi connectivity index (χ4v) is 5.20. The second-order valence-electron chi connectivity index (χ2n) is 6.92. The van der Waals surface area contributed by atoms with E-state index in [-0.39, 0.29) is 11.8 Å². The second-order valence-corrected chi connectivity index (χ2v) is 9.15. The van der Waals surface area contributed by atoms with E-state index in [1.165, 1.54) is 0 Å². The first-order valence-corrected chi connectivity index (χ1v) is 10.8. The monoisotopic (exact) mass is 368 g/mol. The summed E-state index contributed by atoms with van der Waals surface area (Å²) >= 11 is 0. The van der Waals surface area contributed by atoms with Crippen molar-refractivity contribution < 1.29 is 17.9 Å². The molecule has 0 radical (unpaired) electrons. The lowest BCUT2D eigenvalue weighted by molar-refractivity contribution is 0.0322. The molecular formula is C18H28N2O4S. The van der Waals surface area contributed by atoms with Gasteiger partial charge in [0.15, 0.2) is 9.84 Å². The van der Waals surface area contributed by atoms with Crippen molar-refractivity contribution in [2.75, 3.05) is 58.0 Å². The van der Waals surface area contributed by atoms with E-state index in [4.69, 9.17) is 9.47 Å². The predicted octanol–water partition coefficient (Wildman–Crippen LogP) is 1.02. The molecule has 0 bridgehead atoms. The Morgan fingerprint density at radius 1 is 1.32 bits per heavy atom. The molecule has 6 nitrogen and oxygen atoms in total. The van der Waals surface area contributed by atoms with Crippen molar-refractivity contribution >= 4 is 9.84 Å². The van der Waals surface area contributed by atoms with Gasteiger partial charge in [-0.3, -0.25) is 9.80 Å². The molecule has 3 rings (SSSR count). The molecule has 25 heavy (non-hydrogen) atoms. The summed E-state index contributed by atoms with van der Waals surface area (Å²) < 4.78 is 34.5. The number of hydrogen-bond donors (Lipinski definition) is 0. The van der Waals surface area contributed by atoms with E-state index in [9.17, 15) is 8.42 Å². The van der Waals surface area contributed by atoms with Gasteiger partial charge in [-0.05, 0) is 31.2 Å². The quantitative estimate of drug-likeness (QED) is 0.716. The average molecular weight is 368 g/mol. The van der Waals surface area contributed by atoms with Crippen molar-refractivity contribution in [1.82, 2.24) is 9.80 Å². The third-order valence-corrected chi connectivity index (χ3v) is 6.69. The van der Waals surface area contributed by atoms with Gasteiger partial charge in [-0.15, -0.1) is 0 Å². The Kier molecular flexibility index (Phi) is 6.33. The van der Waals surface area contributed by atoms with Crippen LogP contribution in [0.15, 0.2) is 24.3 Å². The number of hydrogen-bond acceptors (Lipinski definition) is 6. The maximum absolute atomic E-state index is 11.6. The van der Waals surface area contributed by atoms with Gasteiger partial charge in [0.1, 0.15) is 12.4 Å². The molecule has 2 aliphatic rings. The number of rotatable bonds is 7. The first-order chi connectivity index (χ1) is 12.0. The number of sulfone groups is 1. The van der Waals surface area contributed by atoms with Crippen LogP contribution in [0.2, 0.25) is 0 Å². The van der Waals surface area contributed by atoms with E-state index < -0.39 is 9.84 Å². The highest BCUT2D eigenvalue weighted by Crippen LogP contribution is 2.20. The fraction of sp³-hybridized carbons (Fsp3) is 0.667. The summed E-state index contributed by atoms with van der Waals surface area (Å²) in [5.74, 6) is 1.46. The van der Waals surface area contributed by atoms with Crippen molar-refractivity contribution in [3.8, 4) is 5.75 Å². The van der Waals surface area contributed by atoms with Gasteiger partial charge in [-0.25, -0.2) is 8.42 Å². The smallest absolute Gasteiger partial charge is 0.151 e. The molecule has 2 saturated heterocycles. The van der Waals surface area contributed by atoms with Gasteiger partial charge >= 0.3 is 0 Å². The van der Waals surface area contributed by atoms with Crippen LogP contribution < -0.4 is 4.74 Å². The number of ether oxygens (including phenoxy) is 2. The van der Waals surface area contributed by atoms with Crippen LogP contribution in [0.25, 0.3) is 0 Å². The third-order valence-electron chi connectivity index (χ3n) is 4.94. The highest BCUT2D eigenvalue weighted by atomic mass is 32.2. The van der Waals surface area contributed by atoms with Gasteiger partial charge in [0.2, 0.25) is 0 Å². The molecule has 1 aromatic rings. The summed E-state index contributed by atoms with van der Waals surface area (Å²) in [6, 6.07) is 8.21. The lowest BCUT2D eigenvalue weighted by Crippen LogP contribution is -2.38. The molecule has 0 saturated carbocycles. The standard InChI is InChI=1S/C18H28N2O4S/c1-19(17-5-12-25(21,22)15-17)14-16-3-2-4-18(13-16)24-11-8-20-6-9-23-10-7-20/h2-4,13,17H,5-12,14-15H2,1H3/t17-/m1/s1. The first kappa shape index (κ1) is 18.6. The Morgan fingerprint density at radius 2 is 2.12 bits per heavy atom. The van der Waals surface area contributed by atoms with E-state index in [0.717, 1.165) is 57.1 Å². The fourth-order valence-electron chi connectivity index (χ4n) is 3.39. The van der Waals surface area contributed by atoms with Crippen molar-refractivity contribution in [3.63, 3.8) is 0 Å². The van der Waals surface area contributed by atoms with Crippen LogP contribution in [0, 0.1) is 0 Å². The molecule has 2 aliphatic heterocycles. The SMILES string of the molecule is CN(Cc1cccc(OCCN2CCOCC2)c1)[C@@H]1CCS(=O)(=O)C1. The van der Waals surface area contributed by atoms with E-state index >= 15 is 0 Å². The summed E-state index contributed by atoms with van der Waals surface area (Å²) in [6.07, 6.45) is 0.731. The number of benzene rings is 1. The van der Waals surface area contributed by atoms with E-state index in [1.807, 2.05) is 19.2 Å². The Labute approximate surface area is 150 Å². The van der Waals surface area contributed by atoms with Crippen molar-refractivity contribution in [3.05, 3.63) is 29.8 Å².